The van der Waals surface area contributed by atoms with Crippen molar-refractivity contribution < 1.29 is 22.6 Å². The Morgan fingerprint density at radius 2 is 2.00 bits per heavy atom. The first-order valence-corrected chi connectivity index (χ1v) is 14.5. The number of pyridine rings is 1. The molecular weight excluding hydrogens is 545 g/mol. The van der Waals surface area contributed by atoms with Crippen LogP contribution in [0.5, 0.6) is 0 Å². The molecule has 5 rings (SSSR count). The van der Waals surface area contributed by atoms with E-state index < -0.39 is 17.3 Å². The third-order valence-electron chi connectivity index (χ3n) is 6.63. The lowest BCUT2D eigenvalue weighted by Gasteiger charge is -2.36. The van der Waals surface area contributed by atoms with Crippen molar-refractivity contribution in [2.75, 3.05) is 38.5 Å². The summed E-state index contributed by atoms with van der Waals surface area (Å²) >= 11 is 2.51. The van der Waals surface area contributed by atoms with Gasteiger partial charge in [0, 0.05) is 44.9 Å². The van der Waals surface area contributed by atoms with Gasteiger partial charge in [0.15, 0.2) is 6.26 Å². The highest BCUT2D eigenvalue weighted by Crippen LogP contribution is 2.38. The number of halogens is 3. The normalized spacial score (nSPS) is 18.0. The summed E-state index contributed by atoms with van der Waals surface area (Å²) in [4.78, 5) is 9.44. The van der Waals surface area contributed by atoms with E-state index in [0.29, 0.717) is 23.1 Å². The molecule has 2 aliphatic heterocycles. The number of hydrogen-bond donors (Lipinski definition) is 0. The zero-order valence-electron chi connectivity index (χ0n) is 21.1. The zero-order valence-corrected chi connectivity index (χ0v) is 22.7. The quantitative estimate of drug-likeness (QED) is 0.324. The summed E-state index contributed by atoms with van der Waals surface area (Å²) in [5, 5.41) is 11.4. The number of nitrogens with zero attached hydrogens (tertiary/aromatic N) is 4. The maximum absolute atomic E-state index is 13.7. The summed E-state index contributed by atoms with van der Waals surface area (Å²) in [5.74, 6) is 1.99. The van der Waals surface area contributed by atoms with E-state index in [2.05, 4.69) is 33.0 Å². The van der Waals surface area contributed by atoms with Crippen LogP contribution in [0.25, 0.3) is 10.6 Å². The second-order valence-electron chi connectivity index (χ2n) is 9.24. The standard InChI is InChI=1S/C28H27F3N4O2S2/c29-28(30,31)23-16-24(25-7-4-13-38-25)33-27(22(23)17-32)39-14-12-34-8-10-35(11-9-34)26-19-36-21(18-37-26)15-20-5-2-1-3-6-20/h1-2,4-5,7,13,16,18-19H,3,6,8-12,14-15H2. The lowest BCUT2D eigenvalue weighted by atomic mass is 10.0. The van der Waals surface area contributed by atoms with E-state index in [-0.39, 0.29) is 10.7 Å². The minimum atomic E-state index is -4.63. The van der Waals surface area contributed by atoms with E-state index in [1.165, 1.54) is 28.7 Å². The predicted molar refractivity (Wildman–Crippen MR) is 145 cm³/mol. The van der Waals surface area contributed by atoms with E-state index in [9.17, 15) is 18.4 Å². The third kappa shape index (κ3) is 6.87. The molecule has 1 aliphatic carbocycles. The molecule has 0 aromatic carbocycles. The smallest absolute Gasteiger partial charge is 0.417 e. The highest BCUT2D eigenvalue weighted by Gasteiger charge is 2.36. The molecule has 204 valence electrons. The number of rotatable bonds is 8. The van der Waals surface area contributed by atoms with Crippen LogP contribution in [-0.4, -0.2) is 53.3 Å². The van der Waals surface area contributed by atoms with Gasteiger partial charge in [-0.2, -0.15) is 18.4 Å². The second kappa shape index (κ2) is 12.3. The molecule has 0 amide bonds. The number of allylic oxidation sites excluding steroid dienone is 4. The monoisotopic (exact) mass is 572 g/mol. The van der Waals surface area contributed by atoms with Crippen LogP contribution in [0.4, 0.5) is 13.2 Å². The molecule has 39 heavy (non-hydrogen) atoms. The fraction of sp³-hybridized carbons (Fsp3) is 0.357. The van der Waals surface area contributed by atoms with Gasteiger partial charge in [-0.25, -0.2) is 4.98 Å². The molecule has 2 aromatic heterocycles. The molecule has 0 bridgehead atoms. The van der Waals surface area contributed by atoms with Crippen molar-refractivity contribution in [3.8, 4) is 16.6 Å². The average Bonchev–Trinajstić information content (AvgIpc) is 3.49. The van der Waals surface area contributed by atoms with Crippen molar-refractivity contribution in [1.29, 1.82) is 5.26 Å². The molecule has 1 fully saturated rings. The Morgan fingerprint density at radius 3 is 2.64 bits per heavy atom. The Morgan fingerprint density at radius 1 is 1.15 bits per heavy atom. The molecule has 0 atom stereocenters. The minimum Gasteiger partial charge on any atom is -0.460 e. The van der Waals surface area contributed by atoms with Gasteiger partial charge in [0.25, 0.3) is 0 Å². The molecule has 6 nitrogen and oxygen atoms in total. The van der Waals surface area contributed by atoms with Crippen LogP contribution in [0.1, 0.15) is 30.4 Å². The van der Waals surface area contributed by atoms with E-state index in [1.54, 1.807) is 36.1 Å². The Balaban J connectivity index is 1.13. The lowest BCUT2D eigenvalue weighted by molar-refractivity contribution is -0.138. The van der Waals surface area contributed by atoms with Crippen molar-refractivity contribution in [1.82, 2.24) is 14.8 Å². The molecule has 0 saturated carbocycles. The maximum Gasteiger partial charge on any atom is 0.417 e. The molecule has 4 heterocycles. The van der Waals surface area contributed by atoms with Crippen molar-refractivity contribution in [3.05, 3.63) is 82.7 Å². The number of piperazine rings is 1. The Labute approximate surface area is 233 Å². The summed E-state index contributed by atoms with van der Waals surface area (Å²) in [6, 6.07) is 6.21. The van der Waals surface area contributed by atoms with Crippen LogP contribution in [-0.2, 0) is 15.7 Å². The van der Waals surface area contributed by atoms with Crippen LogP contribution >= 0.6 is 23.1 Å². The minimum absolute atomic E-state index is 0.120. The summed E-state index contributed by atoms with van der Waals surface area (Å²) in [6.07, 6.45) is 7.88. The van der Waals surface area contributed by atoms with Crippen molar-refractivity contribution in [3.63, 3.8) is 0 Å². The Kier molecular flexibility index (Phi) is 8.65. The van der Waals surface area contributed by atoms with Crippen LogP contribution < -0.4 is 0 Å². The number of hydrogen-bond acceptors (Lipinski definition) is 8. The van der Waals surface area contributed by atoms with Gasteiger partial charge in [0.05, 0.1) is 21.7 Å². The first-order chi connectivity index (χ1) is 18.9. The number of thioether (sulfide) groups is 1. The summed E-state index contributed by atoms with van der Waals surface area (Å²) < 4.78 is 52.9. The van der Waals surface area contributed by atoms with Gasteiger partial charge in [-0.15, -0.1) is 23.1 Å². The van der Waals surface area contributed by atoms with Crippen LogP contribution in [0, 0.1) is 11.3 Å². The molecule has 1 saturated heterocycles. The van der Waals surface area contributed by atoms with Gasteiger partial charge >= 0.3 is 6.18 Å². The Bertz CT molecular complexity index is 1340. The highest BCUT2D eigenvalue weighted by atomic mass is 32.2. The number of aromatic nitrogens is 1. The van der Waals surface area contributed by atoms with Crippen LogP contribution in [0.15, 0.2) is 76.6 Å². The third-order valence-corrected chi connectivity index (χ3v) is 8.48. The summed E-state index contributed by atoms with van der Waals surface area (Å²) in [7, 11) is 0. The number of nitriles is 1. The van der Waals surface area contributed by atoms with E-state index in [1.807, 2.05) is 0 Å². The fourth-order valence-electron chi connectivity index (χ4n) is 4.54. The topological polar surface area (TPSA) is 61.6 Å². The largest absolute Gasteiger partial charge is 0.460 e. The number of ether oxygens (including phenoxy) is 2. The van der Waals surface area contributed by atoms with E-state index >= 15 is 0 Å². The van der Waals surface area contributed by atoms with Gasteiger partial charge in [-0.1, -0.05) is 29.9 Å². The van der Waals surface area contributed by atoms with Gasteiger partial charge in [-0.05, 0) is 30.4 Å². The molecular formula is C28H27F3N4O2S2. The SMILES string of the molecule is N#Cc1c(C(F)(F)F)cc(-c2cccs2)nc1SCCN1CCN(C2=COC(CC3=CC=CCC3)=CO2)CC1. The van der Waals surface area contributed by atoms with Crippen LogP contribution in [0.3, 0.4) is 0 Å². The average molecular weight is 573 g/mol. The molecule has 11 heteroatoms. The molecule has 2 aromatic rings. The Hall–Kier alpha value is -3.20. The highest BCUT2D eigenvalue weighted by molar-refractivity contribution is 7.99. The van der Waals surface area contributed by atoms with Gasteiger partial charge in [0.2, 0.25) is 5.88 Å². The number of thiophene rings is 1. The zero-order chi connectivity index (χ0) is 27.2. The van der Waals surface area contributed by atoms with Crippen molar-refractivity contribution in [2.24, 2.45) is 0 Å². The van der Waals surface area contributed by atoms with Gasteiger partial charge < -0.3 is 14.4 Å². The number of alkyl halides is 3. The van der Waals surface area contributed by atoms with E-state index in [0.717, 1.165) is 57.3 Å². The summed E-state index contributed by atoms with van der Waals surface area (Å²) in [5.41, 5.74) is 0.204. The molecule has 0 unspecified atom stereocenters. The summed E-state index contributed by atoms with van der Waals surface area (Å²) in [6.45, 7) is 3.70. The van der Waals surface area contributed by atoms with Gasteiger partial charge in [-0.3, -0.25) is 4.90 Å². The van der Waals surface area contributed by atoms with Crippen molar-refractivity contribution >= 4 is 23.1 Å². The van der Waals surface area contributed by atoms with Crippen molar-refractivity contribution in [2.45, 2.75) is 30.5 Å². The molecule has 0 N–H and O–H groups in total. The van der Waals surface area contributed by atoms with Gasteiger partial charge in [0.1, 0.15) is 23.1 Å². The predicted octanol–water partition coefficient (Wildman–Crippen LogP) is 6.76. The van der Waals surface area contributed by atoms with Crippen LogP contribution in [0.2, 0.25) is 0 Å². The lowest BCUT2D eigenvalue weighted by Crippen LogP contribution is -2.46. The molecule has 3 aliphatic rings. The second-order valence-corrected chi connectivity index (χ2v) is 11.3. The maximum atomic E-state index is 13.7. The molecule has 0 spiro atoms. The molecule has 0 radical (unpaired) electrons. The fourth-order valence-corrected chi connectivity index (χ4v) is 6.23. The first-order valence-electron chi connectivity index (χ1n) is 12.6. The van der Waals surface area contributed by atoms with E-state index in [4.69, 9.17) is 9.47 Å². The first kappa shape index (κ1) is 27.4.